The van der Waals surface area contributed by atoms with Gasteiger partial charge in [0.15, 0.2) is 0 Å². The number of halogens is 4. The van der Waals surface area contributed by atoms with Gasteiger partial charge in [0.1, 0.15) is 10.8 Å². The number of aromatic nitrogens is 1. The van der Waals surface area contributed by atoms with Gasteiger partial charge in [0.2, 0.25) is 11.8 Å². The number of amides is 1. The Labute approximate surface area is 174 Å². The zero-order valence-electron chi connectivity index (χ0n) is 13.7. The van der Waals surface area contributed by atoms with Crippen LogP contribution in [-0.4, -0.2) is 16.4 Å². The van der Waals surface area contributed by atoms with E-state index in [1.165, 1.54) is 6.20 Å². The molecule has 1 aromatic carbocycles. The number of carbonyl (C=O) groups is 1. The van der Waals surface area contributed by atoms with E-state index < -0.39 is 5.54 Å². The van der Waals surface area contributed by atoms with Gasteiger partial charge in [0.05, 0.1) is 10.6 Å². The second kappa shape index (κ2) is 9.62. The molecule has 1 aromatic heterocycles. The molecule has 2 aromatic rings. The van der Waals surface area contributed by atoms with E-state index in [0.717, 1.165) is 25.7 Å². The van der Waals surface area contributed by atoms with Crippen LogP contribution >= 0.6 is 48.0 Å². The van der Waals surface area contributed by atoms with E-state index in [1.807, 2.05) is 0 Å². The van der Waals surface area contributed by atoms with Crippen LogP contribution < -0.4 is 15.8 Å². The lowest BCUT2D eigenvalue weighted by Gasteiger charge is -2.22. The highest BCUT2D eigenvalue weighted by molar-refractivity contribution is 6.35. The van der Waals surface area contributed by atoms with Gasteiger partial charge in [-0.3, -0.25) is 4.79 Å². The molecule has 3 N–H and O–H groups in total. The second-order valence-electron chi connectivity index (χ2n) is 5.88. The molecule has 0 radical (unpaired) electrons. The first-order valence-electron chi connectivity index (χ1n) is 7.66. The smallest absolute Gasteiger partial charge is 0.244 e. The van der Waals surface area contributed by atoms with Crippen molar-refractivity contribution in [2.75, 3.05) is 5.32 Å². The van der Waals surface area contributed by atoms with Gasteiger partial charge in [-0.15, -0.1) is 24.8 Å². The lowest BCUT2D eigenvalue weighted by molar-refractivity contribution is -0.121. The van der Waals surface area contributed by atoms with Crippen molar-refractivity contribution < 1.29 is 9.53 Å². The summed E-state index contributed by atoms with van der Waals surface area (Å²) in [7, 11) is 0. The summed E-state index contributed by atoms with van der Waals surface area (Å²) in [4.78, 5) is 16.3. The summed E-state index contributed by atoms with van der Waals surface area (Å²) in [5.74, 6) is 0.675. The molecule has 1 fully saturated rings. The average Bonchev–Trinajstić information content (AvgIpc) is 3.00. The number of hydrogen-bond donors (Lipinski definition) is 2. The number of anilines is 1. The highest BCUT2D eigenvalue weighted by atomic mass is 35.5. The molecule has 3 rings (SSSR count). The molecule has 1 saturated carbocycles. The van der Waals surface area contributed by atoms with Crippen LogP contribution in [0.1, 0.15) is 25.7 Å². The average molecular weight is 439 g/mol. The summed E-state index contributed by atoms with van der Waals surface area (Å²) < 4.78 is 5.60. The van der Waals surface area contributed by atoms with Crippen LogP contribution in [0.2, 0.25) is 10.0 Å². The molecule has 0 bridgehead atoms. The summed E-state index contributed by atoms with van der Waals surface area (Å²) in [6.07, 6.45) is 4.89. The van der Waals surface area contributed by atoms with Crippen molar-refractivity contribution in [1.29, 1.82) is 0 Å². The highest BCUT2D eigenvalue weighted by Gasteiger charge is 2.36. The van der Waals surface area contributed by atoms with Crippen LogP contribution in [0.3, 0.4) is 0 Å². The first-order chi connectivity index (χ1) is 11.5. The Balaban J connectivity index is 0.00000169. The van der Waals surface area contributed by atoms with Gasteiger partial charge < -0.3 is 15.8 Å². The van der Waals surface area contributed by atoms with Crippen molar-refractivity contribution >= 4 is 59.6 Å². The quantitative estimate of drug-likeness (QED) is 0.684. The summed E-state index contributed by atoms with van der Waals surface area (Å²) in [6.45, 7) is 0. The Hall–Kier alpha value is -1.24. The van der Waals surface area contributed by atoms with Crippen molar-refractivity contribution in [3.05, 3.63) is 46.6 Å². The monoisotopic (exact) mass is 437 g/mol. The molecule has 9 heteroatoms. The fourth-order valence-corrected chi connectivity index (χ4v) is 3.10. The van der Waals surface area contributed by atoms with Crippen molar-refractivity contribution in [1.82, 2.24) is 4.98 Å². The molecule has 142 valence electrons. The molecule has 1 aliphatic carbocycles. The van der Waals surface area contributed by atoms with Gasteiger partial charge in [0.25, 0.3) is 0 Å². The van der Waals surface area contributed by atoms with Gasteiger partial charge in [0, 0.05) is 11.9 Å². The number of rotatable bonds is 4. The standard InChI is InChI=1S/C17H17Cl2N3O2.2ClH/c18-11-9-14(19)15(21-10-11)24-13-5-3-12(4-6-13)22-16(23)17(20)7-1-2-8-17;;/h3-6,9-10H,1-2,7-8,20H2,(H,22,23);2*1H. The fraction of sp³-hybridized carbons (Fsp3) is 0.294. The minimum absolute atomic E-state index is 0. The Morgan fingerprint density at radius 2 is 1.77 bits per heavy atom. The number of hydrogen-bond acceptors (Lipinski definition) is 4. The lowest BCUT2D eigenvalue weighted by Crippen LogP contribution is -2.48. The molecule has 1 aliphatic rings. The first-order valence-corrected chi connectivity index (χ1v) is 8.41. The Bertz CT molecular complexity index is 750. The topological polar surface area (TPSA) is 77.2 Å². The molecule has 0 saturated heterocycles. The predicted molar refractivity (Wildman–Crippen MR) is 109 cm³/mol. The second-order valence-corrected chi connectivity index (χ2v) is 6.73. The van der Waals surface area contributed by atoms with E-state index in [9.17, 15) is 4.79 Å². The van der Waals surface area contributed by atoms with Crippen molar-refractivity contribution in [2.24, 2.45) is 5.73 Å². The van der Waals surface area contributed by atoms with Crippen LogP contribution in [0, 0.1) is 0 Å². The minimum Gasteiger partial charge on any atom is -0.438 e. The number of carbonyl (C=O) groups excluding carboxylic acids is 1. The van der Waals surface area contributed by atoms with Crippen molar-refractivity contribution in [3.8, 4) is 11.6 Å². The number of benzene rings is 1. The third kappa shape index (κ3) is 5.38. The third-order valence-corrected chi connectivity index (χ3v) is 4.53. The summed E-state index contributed by atoms with van der Waals surface area (Å²) >= 11 is 11.8. The van der Waals surface area contributed by atoms with Crippen molar-refractivity contribution in [2.45, 2.75) is 31.2 Å². The van der Waals surface area contributed by atoms with E-state index in [4.69, 9.17) is 33.7 Å². The summed E-state index contributed by atoms with van der Waals surface area (Å²) in [5, 5.41) is 3.62. The van der Waals surface area contributed by atoms with Gasteiger partial charge in [-0.2, -0.15) is 0 Å². The van der Waals surface area contributed by atoms with Crippen LogP contribution in [0.4, 0.5) is 5.69 Å². The first kappa shape index (κ1) is 22.8. The van der Waals surface area contributed by atoms with Gasteiger partial charge in [-0.25, -0.2) is 4.98 Å². The lowest BCUT2D eigenvalue weighted by atomic mass is 9.98. The number of nitrogens with zero attached hydrogens (tertiary/aromatic N) is 1. The highest BCUT2D eigenvalue weighted by Crippen LogP contribution is 2.31. The van der Waals surface area contributed by atoms with E-state index in [0.29, 0.717) is 21.5 Å². The molecule has 0 atom stereocenters. The summed E-state index contributed by atoms with van der Waals surface area (Å²) in [5.41, 5.74) is 6.05. The number of pyridine rings is 1. The van der Waals surface area contributed by atoms with Crippen LogP contribution in [-0.2, 0) is 4.79 Å². The molecule has 1 heterocycles. The molecular weight excluding hydrogens is 420 g/mol. The third-order valence-electron chi connectivity index (χ3n) is 4.05. The zero-order valence-corrected chi connectivity index (χ0v) is 16.9. The van der Waals surface area contributed by atoms with Crippen LogP contribution in [0.25, 0.3) is 0 Å². The molecule has 26 heavy (non-hydrogen) atoms. The number of ether oxygens (including phenoxy) is 1. The largest absolute Gasteiger partial charge is 0.438 e. The Kier molecular flexibility index (Phi) is 8.44. The fourth-order valence-electron chi connectivity index (χ4n) is 2.68. The molecule has 0 aliphatic heterocycles. The Morgan fingerprint density at radius 1 is 1.15 bits per heavy atom. The Morgan fingerprint density at radius 3 is 2.35 bits per heavy atom. The molecule has 0 unspecified atom stereocenters. The van der Waals surface area contributed by atoms with Crippen molar-refractivity contribution in [3.63, 3.8) is 0 Å². The SMILES string of the molecule is Cl.Cl.NC1(C(=O)Nc2ccc(Oc3ncc(Cl)cc3Cl)cc2)CCCC1. The minimum atomic E-state index is -0.754. The van der Waals surface area contributed by atoms with Gasteiger partial charge in [-0.1, -0.05) is 36.0 Å². The van der Waals surface area contributed by atoms with Gasteiger partial charge in [-0.05, 0) is 43.2 Å². The normalized spacial score (nSPS) is 14.7. The molecular formula is C17H19Cl4N3O2. The number of nitrogens with one attached hydrogen (secondary N) is 1. The van der Waals surface area contributed by atoms with Crippen LogP contribution in [0.5, 0.6) is 11.6 Å². The predicted octanol–water partition coefficient (Wildman–Crippen LogP) is 5.23. The van der Waals surface area contributed by atoms with E-state index in [2.05, 4.69) is 10.3 Å². The molecule has 0 spiro atoms. The number of nitrogens with two attached hydrogens (primary N) is 1. The maximum absolute atomic E-state index is 12.3. The van der Waals surface area contributed by atoms with E-state index >= 15 is 0 Å². The maximum Gasteiger partial charge on any atom is 0.244 e. The molecule has 5 nitrogen and oxygen atoms in total. The van der Waals surface area contributed by atoms with E-state index in [-0.39, 0.29) is 36.6 Å². The maximum atomic E-state index is 12.3. The van der Waals surface area contributed by atoms with Gasteiger partial charge >= 0.3 is 0 Å². The van der Waals surface area contributed by atoms with Crippen LogP contribution in [0.15, 0.2) is 36.5 Å². The zero-order chi connectivity index (χ0) is 17.2. The molecule has 1 amide bonds. The van der Waals surface area contributed by atoms with E-state index in [1.54, 1.807) is 30.3 Å². The summed E-state index contributed by atoms with van der Waals surface area (Å²) in [6, 6.07) is 8.49.